The third-order valence-electron chi connectivity index (χ3n) is 8.62. The first kappa shape index (κ1) is 43.1. The highest BCUT2D eigenvalue weighted by molar-refractivity contribution is 8.18. The van der Waals surface area contributed by atoms with Crippen molar-refractivity contribution in [2.45, 2.75) is 6.92 Å². The topological polar surface area (TPSA) is 195 Å². The van der Waals surface area contributed by atoms with Crippen molar-refractivity contribution in [2.24, 2.45) is 4.99 Å². The molecule has 5 aromatic rings. The van der Waals surface area contributed by atoms with Crippen molar-refractivity contribution in [3.8, 4) is 11.5 Å². The first-order valence-electron chi connectivity index (χ1n) is 19.3. The number of aliphatic hydroxyl groups is 1. The molecule has 60 heavy (non-hydrogen) atoms. The van der Waals surface area contributed by atoms with E-state index in [2.05, 4.69) is 30.9 Å². The van der Waals surface area contributed by atoms with E-state index in [0.717, 1.165) is 22.7 Å². The summed E-state index contributed by atoms with van der Waals surface area (Å²) in [5.41, 5.74) is 3.16. The molecule has 1 amide bonds. The number of carbonyl (C=O) groups excluding carboxylic acids is 2. The smallest absolute Gasteiger partial charge is 0.344 e. The average molecular weight is 835 g/mol. The summed E-state index contributed by atoms with van der Waals surface area (Å²) in [6.45, 7) is 4.37. The van der Waals surface area contributed by atoms with Gasteiger partial charge in [0.25, 0.3) is 5.91 Å². The van der Waals surface area contributed by atoms with Crippen molar-refractivity contribution in [1.29, 1.82) is 0 Å². The number of aliphatic imine (C=N–C) groups is 1. The second kappa shape index (κ2) is 22.1. The fourth-order valence-corrected chi connectivity index (χ4v) is 6.83. The number of anilines is 3. The summed E-state index contributed by atoms with van der Waals surface area (Å²) in [5, 5.41) is 31.9. The molecule has 0 saturated carbocycles. The summed E-state index contributed by atoms with van der Waals surface area (Å²) < 4.78 is 27.6. The molecule has 1 aliphatic rings. The minimum atomic E-state index is -0.670. The van der Waals surface area contributed by atoms with Gasteiger partial charge in [0, 0.05) is 30.2 Å². The van der Waals surface area contributed by atoms with Gasteiger partial charge in [-0.15, -0.1) is 0 Å². The van der Waals surface area contributed by atoms with Crippen molar-refractivity contribution in [1.82, 2.24) is 15.3 Å². The average Bonchev–Trinajstić information content (AvgIpc) is 3.56. The van der Waals surface area contributed by atoms with Gasteiger partial charge in [0.15, 0.2) is 11.5 Å². The van der Waals surface area contributed by atoms with Crippen LogP contribution in [-0.4, -0.2) is 104 Å². The highest BCUT2D eigenvalue weighted by Crippen LogP contribution is 2.41. The zero-order chi connectivity index (χ0) is 42.1. The molecule has 6 rings (SSSR count). The molecule has 2 heterocycles. The largest absolute Gasteiger partial charge is 0.506 e. The lowest BCUT2D eigenvalue weighted by Gasteiger charge is -2.11. The van der Waals surface area contributed by atoms with E-state index in [4.69, 9.17) is 23.7 Å². The summed E-state index contributed by atoms with van der Waals surface area (Å²) in [6.07, 6.45) is 1.64. The molecule has 15 nitrogen and oxygen atoms in total. The maximum absolute atomic E-state index is 12.8. The maximum atomic E-state index is 12.8. The van der Waals surface area contributed by atoms with Crippen LogP contribution in [0, 0.1) is 0 Å². The number of amides is 1. The van der Waals surface area contributed by atoms with Crippen LogP contribution in [0.4, 0.5) is 23.1 Å². The van der Waals surface area contributed by atoms with E-state index >= 15 is 0 Å². The third-order valence-corrected chi connectivity index (χ3v) is 9.64. The van der Waals surface area contributed by atoms with Crippen LogP contribution in [0.5, 0.6) is 11.5 Å². The quantitative estimate of drug-likeness (QED) is 0.0369. The molecule has 1 aromatic heterocycles. The molecule has 16 heteroatoms. The van der Waals surface area contributed by atoms with E-state index in [9.17, 15) is 19.8 Å². The Morgan fingerprint density at radius 1 is 0.817 bits per heavy atom. The number of ether oxygens (including phenoxy) is 5. The molecular weight excluding hydrogens is 789 g/mol. The van der Waals surface area contributed by atoms with Crippen molar-refractivity contribution in [3.63, 3.8) is 0 Å². The fourth-order valence-electron chi connectivity index (χ4n) is 5.79. The number of phenols is 1. The first-order chi connectivity index (χ1) is 29.3. The molecule has 0 saturated heterocycles. The van der Waals surface area contributed by atoms with Crippen LogP contribution in [0.15, 0.2) is 118 Å². The number of esters is 1. The summed E-state index contributed by atoms with van der Waals surface area (Å²) >= 11 is 1.13. The number of phenolic OH excluding ortho intramolecular Hbond substituents is 1. The summed E-state index contributed by atoms with van der Waals surface area (Å²) in [6, 6.07) is 28.8. The Hall–Kier alpha value is -6.46. The molecule has 0 fully saturated rings. The Balaban J connectivity index is 0.835. The summed E-state index contributed by atoms with van der Waals surface area (Å²) in [4.78, 5) is 39.5. The highest BCUT2D eigenvalue weighted by Gasteiger charge is 2.33. The molecule has 312 valence electrons. The number of carbonyl (C=O) groups is 2. The van der Waals surface area contributed by atoms with Crippen LogP contribution < -0.4 is 20.7 Å². The summed E-state index contributed by atoms with van der Waals surface area (Å²) in [5.74, 6) is 0.152. The molecule has 4 aromatic carbocycles. The molecule has 0 bridgehead atoms. The predicted molar refractivity (Wildman–Crippen MR) is 233 cm³/mol. The van der Waals surface area contributed by atoms with E-state index in [1.165, 1.54) is 6.07 Å². The summed E-state index contributed by atoms with van der Waals surface area (Å²) in [7, 11) is 1.81. The predicted octanol–water partition coefficient (Wildman–Crippen LogP) is 7.17. The lowest BCUT2D eigenvalue weighted by Crippen LogP contribution is -2.27. The Labute approximate surface area is 351 Å². The van der Waals surface area contributed by atoms with Gasteiger partial charge in [-0.25, -0.2) is 14.8 Å². The van der Waals surface area contributed by atoms with Crippen LogP contribution in [0.25, 0.3) is 17.0 Å². The number of benzene rings is 4. The van der Waals surface area contributed by atoms with Gasteiger partial charge in [0.1, 0.15) is 28.8 Å². The molecule has 0 radical (unpaired) electrons. The fraction of sp³-hybridized carbons (Fsp3) is 0.250. The normalized spacial score (nSPS) is 13.8. The van der Waals surface area contributed by atoms with Crippen LogP contribution in [0.1, 0.15) is 22.8 Å². The maximum Gasteiger partial charge on any atom is 0.344 e. The van der Waals surface area contributed by atoms with E-state index in [1.807, 2.05) is 55.6 Å². The molecule has 0 atom stereocenters. The Kier molecular flexibility index (Phi) is 15.9. The number of fused-ring (bicyclic) bond motifs is 1. The second-order valence-corrected chi connectivity index (χ2v) is 13.9. The van der Waals surface area contributed by atoms with Gasteiger partial charge in [-0.1, -0.05) is 54.2 Å². The molecule has 0 spiro atoms. The number of aliphatic hydroxyl groups excluding tert-OH is 1. The Morgan fingerprint density at radius 2 is 1.55 bits per heavy atom. The van der Waals surface area contributed by atoms with Crippen LogP contribution in [0.2, 0.25) is 0 Å². The molecule has 5 N–H and O–H groups in total. The number of rotatable bonds is 21. The van der Waals surface area contributed by atoms with Gasteiger partial charge in [0.05, 0.1) is 62.4 Å². The van der Waals surface area contributed by atoms with E-state index in [-0.39, 0.29) is 48.6 Å². The lowest BCUT2D eigenvalue weighted by molar-refractivity contribution is -0.138. The lowest BCUT2D eigenvalue weighted by atomic mass is 10.1. The minimum absolute atomic E-state index is 0.0102. The zero-order valence-corrected chi connectivity index (χ0v) is 34.0. The Bertz CT molecular complexity index is 2360. The standard InChI is InChI=1S/C44H46N6O9S/c1-3-58-43(54)38-39(52)37(60-42(38)47-31-11-5-4-6-12-31)27-29-16-17-36(35(51)26-29)59-25-24-57-23-22-56-21-20-55-19-18-46-41(53)30-10-9-13-32(28-30)48-44-49-34-15-8-7-14-33(34)40(45-2)50-44/h4-17,26-28,51-52H,3,18-25H2,1-2H3,(H,46,53)(H2,45,48,49,50)/b37-27-,47-42?. The zero-order valence-electron chi connectivity index (χ0n) is 33.2. The van der Waals surface area contributed by atoms with Gasteiger partial charge in [-0.3, -0.25) is 4.79 Å². The van der Waals surface area contributed by atoms with Crippen molar-refractivity contribution in [3.05, 3.63) is 124 Å². The number of aromatic hydroxyl groups is 1. The number of para-hydroxylation sites is 2. The van der Waals surface area contributed by atoms with Crippen LogP contribution in [0.3, 0.4) is 0 Å². The number of hydrogen-bond donors (Lipinski definition) is 5. The number of hydrogen-bond acceptors (Lipinski definition) is 15. The highest BCUT2D eigenvalue weighted by atomic mass is 32.2. The number of nitrogens with one attached hydrogen (secondary N) is 3. The van der Waals surface area contributed by atoms with Gasteiger partial charge in [-0.05, 0) is 73.2 Å². The van der Waals surface area contributed by atoms with Gasteiger partial charge >= 0.3 is 5.97 Å². The van der Waals surface area contributed by atoms with Gasteiger partial charge in [0.2, 0.25) is 5.95 Å². The number of nitrogens with zero attached hydrogens (tertiary/aromatic N) is 3. The van der Waals surface area contributed by atoms with E-state index < -0.39 is 5.97 Å². The molecule has 0 aliphatic carbocycles. The van der Waals surface area contributed by atoms with Crippen LogP contribution >= 0.6 is 11.8 Å². The molecular formula is C44H46N6O9S. The third kappa shape index (κ3) is 12.0. The Morgan fingerprint density at radius 3 is 2.30 bits per heavy atom. The monoisotopic (exact) mass is 834 g/mol. The van der Waals surface area contributed by atoms with Crippen LogP contribution in [-0.2, 0) is 23.7 Å². The van der Waals surface area contributed by atoms with Gasteiger partial charge < -0.3 is 49.8 Å². The van der Waals surface area contributed by atoms with Crippen molar-refractivity contribution < 1.29 is 43.5 Å². The second-order valence-electron chi connectivity index (χ2n) is 12.8. The number of aromatic nitrogens is 2. The number of thioether (sulfide) groups is 1. The molecule has 0 unspecified atom stereocenters. The molecule has 1 aliphatic heterocycles. The van der Waals surface area contributed by atoms with Crippen molar-refractivity contribution >= 4 is 68.8 Å². The minimum Gasteiger partial charge on any atom is -0.506 e. The first-order valence-corrected chi connectivity index (χ1v) is 20.1. The van der Waals surface area contributed by atoms with Gasteiger partial charge in [-0.2, -0.15) is 4.98 Å². The van der Waals surface area contributed by atoms with E-state index in [0.29, 0.717) is 83.8 Å². The van der Waals surface area contributed by atoms with E-state index in [1.54, 1.807) is 55.5 Å². The van der Waals surface area contributed by atoms with Crippen molar-refractivity contribution in [2.75, 3.05) is 77.1 Å². The SMILES string of the molecule is CCOC(=O)C1=C(O)/C(=C/c2ccc(OCCOCCOCCOCCNC(=O)c3cccc(Nc4nc(NC)c5ccccc5n4)c3)c(O)c2)SC1=Nc1ccccc1.